The van der Waals surface area contributed by atoms with Gasteiger partial charge in [-0.3, -0.25) is 4.40 Å². The summed E-state index contributed by atoms with van der Waals surface area (Å²) in [5.41, 5.74) is 3.33. The molecule has 1 saturated heterocycles. The molecule has 3 aromatic rings. The third-order valence-electron chi connectivity index (χ3n) is 4.00. The van der Waals surface area contributed by atoms with E-state index in [1.807, 2.05) is 0 Å². The van der Waals surface area contributed by atoms with E-state index in [1.54, 1.807) is 11.8 Å². The minimum atomic E-state index is 0.360. The van der Waals surface area contributed by atoms with Crippen LogP contribution in [0.4, 0.5) is 0 Å². The number of aromatic nitrogens is 3. The van der Waals surface area contributed by atoms with E-state index >= 15 is 0 Å². The van der Waals surface area contributed by atoms with Crippen molar-refractivity contribution in [2.75, 3.05) is 12.4 Å². The van der Waals surface area contributed by atoms with E-state index in [-0.39, 0.29) is 0 Å². The van der Waals surface area contributed by atoms with Crippen molar-refractivity contribution in [2.24, 2.45) is 0 Å². The lowest BCUT2D eigenvalue weighted by atomic mass is 10.1. The molecule has 108 valence electrons. The smallest absolute Gasteiger partial charge is 0.196 e. The van der Waals surface area contributed by atoms with E-state index in [2.05, 4.69) is 51.9 Å². The van der Waals surface area contributed by atoms with E-state index in [1.165, 1.54) is 22.9 Å². The highest BCUT2D eigenvalue weighted by Crippen LogP contribution is 2.27. The fourth-order valence-electron chi connectivity index (χ4n) is 2.91. The number of ether oxygens (including phenoxy) is 1. The lowest BCUT2D eigenvalue weighted by Gasteiger charge is -2.09. The minimum absolute atomic E-state index is 0.360. The van der Waals surface area contributed by atoms with Crippen molar-refractivity contribution >= 4 is 28.3 Å². The molecule has 0 saturated carbocycles. The van der Waals surface area contributed by atoms with Crippen LogP contribution in [0.5, 0.6) is 0 Å². The molecule has 1 aliphatic heterocycles. The first kappa shape index (κ1) is 13.1. The van der Waals surface area contributed by atoms with Crippen molar-refractivity contribution < 1.29 is 4.74 Å². The van der Waals surface area contributed by atoms with Crippen LogP contribution in [0.1, 0.15) is 18.4 Å². The fraction of sp³-hybridized carbons (Fsp3) is 0.375. The quantitative estimate of drug-likeness (QED) is 0.694. The number of thioether (sulfide) groups is 1. The molecular weight excluding hydrogens is 282 g/mol. The Kier molecular flexibility index (Phi) is 3.31. The summed E-state index contributed by atoms with van der Waals surface area (Å²) in [4.78, 5) is 0. The third-order valence-corrected chi connectivity index (χ3v) is 5.06. The van der Waals surface area contributed by atoms with E-state index < -0.39 is 0 Å². The van der Waals surface area contributed by atoms with E-state index in [0.29, 0.717) is 6.10 Å². The van der Waals surface area contributed by atoms with Gasteiger partial charge in [-0.05, 0) is 37.5 Å². The first-order chi connectivity index (χ1) is 10.3. The summed E-state index contributed by atoms with van der Waals surface area (Å²) in [6.45, 7) is 3.02. The highest BCUT2D eigenvalue weighted by Gasteiger charge is 2.18. The molecule has 1 aliphatic rings. The molecule has 5 heteroatoms. The third kappa shape index (κ3) is 2.30. The first-order valence-electron chi connectivity index (χ1n) is 7.31. The summed E-state index contributed by atoms with van der Waals surface area (Å²) in [5.74, 6) is 0.947. The maximum Gasteiger partial charge on any atom is 0.196 e. The lowest BCUT2D eigenvalue weighted by molar-refractivity contribution is 0.129. The zero-order chi connectivity index (χ0) is 14.2. The molecule has 0 unspecified atom stereocenters. The van der Waals surface area contributed by atoms with E-state index in [4.69, 9.17) is 4.74 Å². The monoisotopic (exact) mass is 299 g/mol. The van der Waals surface area contributed by atoms with E-state index in [0.717, 1.165) is 29.6 Å². The summed E-state index contributed by atoms with van der Waals surface area (Å²) in [5, 5.41) is 10.9. The highest BCUT2D eigenvalue weighted by atomic mass is 32.2. The molecule has 2 aromatic heterocycles. The van der Waals surface area contributed by atoms with Crippen LogP contribution in [-0.2, 0) is 4.74 Å². The van der Waals surface area contributed by atoms with E-state index in [9.17, 15) is 0 Å². The van der Waals surface area contributed by atoms with Crippen LogP contribution in [0.15, 0.2) is 35.5 Å². The Morgan fingerprint density at radius 3 is 3.10 bits per heavy atom. The van der Waals surface area contributed by atoms with Crippen LogP contribution in [0.2, 0.25) is 0 Å². The van der Waals surface area contributed by atoms with Gasteiger partial charge in [-0.1, -0.05) is 30.0 Å². The minimum Gasteiger partial charge on any atom is -0.377 e. The Morgan fingerprint density at radius 2 is 2.24 bits per heavy atom. The lowest BCUT2D eigenvalue weighted by Crippen LogP contribution is -2.08. The van der Waals surface area contributed by atoms with Crippen molar-refractivity contribution in [3.8, 4) is 0 Å². The normalized spacial score (nSPS) is 18.8. The summed E-state index contributed by atoms with van der Waals surface area (Å²) in [6, 6.07) is 10.5. The van der Waals surface area contributed by atoms with Crippen molar-refractivity contribution in [3.63, 3.8) is 0 Å². The summed E-state index contributed by atoms with van der Waals surface area (Å²) in [6.07, 6.45) is 2.69. The fourth-order valence-corrected chi connectivity index (χ4v) is 3.93. The van der Waals surface area contributed by atoms with Crippen molar-refractivity contribution in [2.45, 2.75) is 31.0 Å². The van der Waals surface area contributed by atoms with Gasteiger partial charge in [0, 0.05) is 17.7 Å². The Labute approximate surface area is 127 Å². The SMILES string of the molecule is Cc1cc2nnc(SC[C@@H]3CCCO3)n2c2ccccc12. The van der Waals surface area contributed by atoms with Gasteiger partial charge in [0.2, 0.25) is 0 Å². The molecule has 21 heavy (non-hydrogen) atoms. The maximum atomic E-state index is 5.69. The van der Waals surface area contributed by atoms with Crippen LogP contribution in [-0.4, -0.2) is 33.1 Å². The number of fused-ring (bicyclic) bond motifs is 3. The highest BCUT2D eigenvalue weighted by molar-refractivity contribution is 7.99. The van der Waals surface area contributed by atoms with Crippen molar-refractivity contribution in [3.05, 3.63) is 35.9 Å². The Hall–Kier alpha value is -1.59. The second-order valence-corrected chi connectivity index (χ2v) is 6.45. The molecule has 1 fully saturated rings. The maximum absolute atomic E-state index is 5.69. The van der Waals surface area contributed by atoms with Crippen molar-refractivity contribution in [1.82, 2.24) is 14.6 Å². The van der Waals surface area contributed by atoms with Crippen LogP contribution in [0.3, 0.4) is 0 Å². The molecule has 0 spiro atoms. The van der Waals surface area contributed by atoms with Gasteiger partial charge in [0.25, 0.3) is 0 Å². The average molecular weight is 299 g/mol. The summed E-state index contributed by atoms with van der Waals surface area (Å²) < 4.78 is 7.85. The predicted octanol–water partition coefficient (Wildman–Crippen LogP) is 3.46. The average Bonchev–Trinajstić information content (AvgIpc) is 3.14. The number of nitrogens with zero attached hydrogens (tertiary/aromatic N) is 3. The molecule has 1 atom stereocenters. The molecule has 4 rings (SSSR count). The molecule has 1 aromatic carbocycles. The second-order valence-electron chi connectivity index (χ2n) is 5.47. The van der Waals surface area contributed by atoms with Gasteiger partial charge in [0.1, 0.15) is 0 Å². The molecular formula is C16H17N3OS. The molecule has 4 nitrogen and oxygen atoms in total. The molecule has 0 N–H and O–H groups in total. The summed E-state index contributed by atoms with van der Waals surface area (Å²) in [7, 11) is 0. The van der Waals surface area contributed by atoms with Gasteiger partial charge < -0.3 is 4.74 Å². The van der Waals surface area contributed by atoms with Gasteiger partial charge >= 0.3 is 0 Å². The number of aryl methyl sites for hydroxylation is 1. The van der Waals surface area contributed by atoms with Crippen LogP contribution >= 0.6 is 11.8 Å². The molecule has 0 radical (unpaired) electrons. The van der Waals surface area contributed by atoms with Gasteiger partial charge in [-0.15, -0.1) is 10.2 Å². The zero-order valence-electron chi connectivity index (χ0n) is 12.0. The molecule has 0 bridgehead atoms. The number of benzene rings is 1. The van der Waals surface area contributed by atoms with Crippen molar-refractivity contribution in [1.29, 1.82) is 0 Å². The topological polar surface area (TPSA) is 39.4 Å². The molecule has 0 aliphatic carbocycles. The predicted molar refractivity (Wildman–Crippen MR) is 84.9 cm³/mol. The Morgan fingerprint density at radius 1 is 1.33 bits per heavy atom. The van der Waals surface area contributed by atoms with Gasteiger partial charge in [-0.25, -0.2) is 0 Å². The Balaban J connectivity index is 1.77. The Bertz CT molecular complexity index is 793. The first-order valence-corrected chi connectivity index (χ1v) is 8.29. The number of hydrogen-bond acceptors (Lipinski definition) is 4. The number of para-hydroxylation sites is 1. The standard InChI is InChI=1S/C16H17N3OS/c1-11-9-15-17-18-16(21-10-12-5-4-8-20-12)19(15)14-7-3-2-6-13(11)14/h2-3,6-7,9,12H,4-5,8,10H2,1H3/t12-/m0/s1. The summed E-state index contributed by atoms with van der Waals surface area (Å²) >= 11 is 1.74. The van der Waals surface area contributed by atoms with Gasteiger partial charge in [0.05, 0.1) is 11.6 Å². The largest absolute Gasteiger partial charge is 0.377 e. The number of hydrogen-bond donors (Lipinski definition) is 0. The van der Waals surface area contributed by atoms with Gasteiger partial charge in [0.15, 0.2) is 10.8 Å². The number of pyridine rings is 1. The molecule has 3 heterocycles. The second kappa shape index (κ2) is 5.31. The van der Waals surface area contributed by atoms with Crippen LogP contribution < -0.4 is 0 Å². The zero-order valence-corrected chi connectivity index (χ0v) is 12.8. The van der Waals surface area contributed by atoms with Gasteiger partial charge in [-0.2, -0.15) is 0 Å². The number of rotatable bonds is 3. The molecule has 0 amide bonds. The van der Waals surface area contributed by atoms with Crippen LogP contribution in [0.25, 0.3) is 16.6 Å². The van der Waals surface area contributed by atoms with Crippen LogP contribution in [0, 0.1) is 6.92 Å².